The van der Waals surface area contributed by atoms with E-state index in [0.29, 0.717) is 45.5 Å². The molecular weight excluding hydrogens is 320 g/mol. The summed E-state index contributed by atoms with van der Waals surface area (Å²) >= 11 is 0. The number of ether oxygens (including phenoxy) is 1. The van der Waals surface area contributed by atoms with E-state index < -0.39 is 10.0 Å². The standard InChI is InChI=1S/C15H24N2O5S/c18-11-7-10(8-11)15(19)16-4-3-14-13(9-16)17(5-6-22-14)23(20,21)12-1-2-12/h10-14,18H,1-9H2/t10?,11?,13-,14-/m0/s1. The molecule has 2 atom stereocenters. The maximum atomic E-state index is 12.7. The van der Waals surface area contributed by atoms with E-state index in [0.717, 1.165) is 12.8 Å². The van der Waals surface area contributed by atoms with Gasteiger partial charge in [0.1, 0.15) is 0 Å². The van der Waals surface area contributed by atoms with Crippen molar-refractivity contribution < 1.29 is 23.1 Å². The van der Waals surface area contributed by atoms with E-state index in [2.05, 4.69) is 0 Å². The molecule has 0 aromatic carbocycles. The highest BCUT2D eigenvalue weighted by molar-refractivity contribution is 7.90. The van der Waals surface area contributed by atoms with Crippen LogP contribution in [0.4, 0.5) is 0 Å². The lowest BCUT2D eigenvalue weighted by Crippen LogP contribution is -2.63. The highest BCUT2D eigenvalue weighted by Crippen LogP contribution is 2.36. The smallest absolute Gasteiger partial charge is 0.225 e. The molecule has 1 N–H and O–H groups in total. The van der Waals surface area contributed by atoms with Crippen LogP contribution in [0.1, 0.15) is 32.1 Å². The predicted octanol–water partition coefficient (Wildman–Crippen LogP) is -0.449. The van der Waals surface area contributed by atoms with Gasteiger partial charge in [-0.2, -0.15) is 4.31 Å². The van der Waals surface area contributed by atoms with E-state index >= 15 is 0 Å². The number of likely N-dealkylation sites (tertiary alicyclic amines) is 1. The van der Waals surface area contributed by atoms with Gasteiger partial charge >= 0.3 is 0 Å². The summed E-state index contributed by atoms with van der Waals surface area (Å²) in [5, 5.41) is 9.16. The number of amides is 1. The highest BCUT2D eigenvalue weighted by Gasteiger charge is 2.49. The van der Waals surface area contributed by atoms with Crippen molar-refractivity contribution in [2.45, 2.75) is 55.6 Å². The Balaban J connectivity index is 1.48. The summed E-state index contributed by atoms with van der Waals surface area (Å²) < 4.78 is 32.7. The third-order valence-electron chi connectivity index (χ3n) is 5.58. The first-order chi connectivity index (χ1) is 11.0. The zero-order chi connectivity index (χ0) is 16.2. The number of morpholine rings is 1. The van der Waals surface area contributed by atoms with Crippen LogP contribution in [0.3, 0.4) is 0 Å². The topological polar surface area (TPSA) is 87.2 Å². The molecule has 4 rings (SSSR count). The van der Waals surface area contributed by atoms with Crippen LogP contribution in [0.25, 0.3) is 0 Å². The van der Waals surface area contributed by atoms with E-state index in [4.69, 9.17) is 4.74 Å². The molecule has 4 aliphatic rings. The van der Waals surface area contributed by atoms with Crippen LogP contribution in [-0.4, -0.2) is 78.4 Å². The molecule has 0 unspecified atom stereocenters. The molecule has 2 heterocycles. The van der Waals surface area contributed by atoms with Crippen molar-refractivity contribution in [2.24, 2.45) is 5.92 Å². The summed E-state index contributed by atoms with van der Waals surface area (Å²) in [5.74, 6) is -0.0392. The summed E-state index contributed by atoms with van der Waals surface area (Å²) in [4.78, 5) is 14.3. The number of sulfonamides is 1. The molecule has 23 heavy (non-hydrogen) atoms. The number of carbonyl (C=O) groups excluding carboxylic acids is 1. The minimum atomic E-state index is -3.25. The summed E-state index contributed by atoms with van der Waals surface area (Å²) in [6.07, 6.45) is 2.79. The Morgan fingerprint density at radius 2 is 1.87 bits per heavy atom. The van der Waals surface area contributed by atoms with Gasteiger partial charge in [-0.1, -0.05) is 0 Å². The number of hydrogen-bond acceptors (Lipinski definition) is 5. The van der Waals surface area contributed by atoms with E-state index in [1.165, 1.54) is 0 Å². The average molecular weight is 344 g/mol. The maximum Gasteiger partial charge on any atom is 0.225 e. The molecule has 2 aliphatic carbocycles. The van der Waals surface area contributed by atoms with Gasteiger partial charge in [0, 0.05) is 25.6 Å². The largest absolute Gasteiger partial charge is 0.393 e. The second-order valence-corrected chi connectivity index (χ2v) is 9.39. The Morgan fingerprint density at radius 3 is 2.52 bits per heavy atom. The van der Waals surface area contributed by atoms with Gasteiger partial charge in [0.05, 0.1) is 30.1 Å². The van der Waals surface area contributed by atoms with Crippen molar-refractivity contribution >= 4 is 15.9 Å². The number of aliphatic hydroxyl groups excluding tert-OH is 1. The van der Waals surface area contributed by atoms with Crippen molar-refractivity contribution in [3.8, 4) is 0 Å². The van der Waals surface area contributed by atoms with E-state index in [1.54, 1.807) is 9.21 Å². The number of carbonyl (C=O) groups is 1. The zero-order valence-electron chi connectivity index (χ0n) is 13.1. The Hall–Kier alpha value is -0.700. The Bertz CT molecular complexity index is 585. The van der Waals surface area contributed by atoms with Gasteiger partial charge in [0.2, 0.25) is 15.9 Å². The SMILES string of the molecule is O=C(C1CC(O)C1)N1CC[C@@H]2OCCN(S(=O)(=O)C3CC3)[C@H]2C1. The number of fused-ring (bicyclic) bond motifs is 1. The number of hydrogen-bond donors (Lipinski definition) is 1. The molecule has 4 fully saturated rings. The lowest BCUT2D eigenvalue weighted by atomic mass is 9.81. The molecule has 0 aromatic rings. The van der Waals surface area contributed by atoms with E-state index in [-0.39, 0.29) is 35.3 Å². The average Bonchev–Trinajstić information content (AvgIpc) is 3.35. The van der Waals surface area contributed by atoms with Crippen LogP contribution in [0, 0.1) is 5.92 Å². The van der Waals surface area contributed by atoms with Crippen molar-refractivity contribution in [2.75, 3.05) is 26.2 Å². The fraction of sp³-hybridized carbons (Fsp3) is 0.933. The summed E-state index contributed by atoms with van der Waals surface area (Å²) in [6, 6.07) is -0.253. The van der Waals surface area contributed by atoms with Gasteiger partial charge in [-0.25, -0.2) is 8.42 Å². The number of aliphatic hydroxyl groups is 1. The molecule has 130 valence electrons. The summed E-state index contributed by atoms with van der Waals surface area (Å²) in [6.45, 7) is 1.87. The summed E-state index contributed by atoms with van der Waals surface area (Å²) in [5.41, 5.74) is 0. The molecule has 0 aromatic heterocycles. The fourth-order valence-corrected chi connectivity index (χ4v) is 5.99. The third kappa shape index (κ3) is 2.79. The van der Waals surface area contributed by atoms with Gasteiger partial charge in [-0.3, -0.25) is 4.79 Å². The van der Waals surface area contributed by atoms with Gasteiger partial charge in [0.25, 0.3) is 0 Å². The van der Waals surface area contributed by atoms with Gasteiger partial charge < -0.3 is 14.7 Å². The highest BCUT2D eigenvalue weighted by atomic mass is 32.2. The fourth-order valence-electron chi connectivity index (χ4n) is 3.96. The van der Waals surface area contributed by atoms with E-state index in [1.807, 2.05) is 0 Å². The molecule has 8 heteroatoms. The molecule has 0 spiro atoms. The van der Waals surface area contributed by atoms with Crippen LogP contribution in [0.2, 0.25) is 0 Å². The van der Waals surface area contributed by atoms with Crippen molar-refractivity contribution in [3.63, 3.8) is 0 Å². The summed E-state index contributed by atoms with van der Waals surface area (Å²) in [7, 11) is -3.25. The van der Waals surface area contributed by atoms with Gasteiger partial charge in [-0.05, 0) is 32.1 Å². The van der Waals surface area contributed by atoms with E-state index in [9.17, 15) is 18.3 Å². The maximum absolute atomic E-state index is 12.7. The van der Waals surface area contributed by atoms with Gasteiger partial charge in [-0.15, -0.1) is 0 Å². The number of nitrogens with zero attached hydrogens (tertiary/aromatic N) is 2. The minimum absolute atomic E-state index is 0.0584. The molecule has 2 aliphatic heterocycles. The Kier molecular flexibility index (Phi) is 3.91. The van der Waals surface area contributed by atoms with Crippen molar-refractivity contribution in [1.29, 1.82) is 0 Å². The van der Waals surface area contributed by atoms with Crippen LogP contribution in [0.5, 0.6) is 0 Å². The first-order valence-corrected chi connectivity index (χ1v) is 10.1. The molecule has 2 saturated heterocycles. The molecule has 0 radical (unpaired) electrons. The second-order valence-electron chi connectivity index (χ2n) is 7.23. The van der Waals surface area contributed by atoms with Crippen LogP contribution >= 0.6 is 0 Å². The van der Waals surface area contributed by atoms with Gasteiger partial charge in [0.15, 0.2) is 0 Å². The first-order valence-electron chi connectivity index (χ1n) is 8.56. The zero-order valence-corrected chi connectivity index (χ0v) is 14.0. The molecule has 7 nitrogen and oxygen atoms in total. The normalized spacial score (nSPS) is 38.7. The molecule has 2 saturated carbocycles. The number of piperidine rings is 1. The lowest BCUT2D eigenvalue weighted by Gasteiger charge is -2.47. The first kappa shape index (κ1) is 15.8. The van der Waals surface area contributed by atoms with Crippen LogP contribution in [-0.2, 0) is 19.6 Å². The minimum Gasteiger partial charge on any atom is -0.393 e. The third-order valence-corrected chi connectivity index (χ3v) is 8.00. The molecular formula is C15H24N2O5S. The lowest BCUT2D eigenvalue weighted by molar-refractivity contribution is -0.149. The number of rotatable bonds is 3. The van der Waals surface area contributed by atoms with Crippen LogP contribution < -0.4 is 0 Å². The Morgan fingerprint density at radius 1 is 1.13 bits per heavy atom. The van der Waals surface area contributed by atoms with Crippen molar-refractivity contribution in [3.05, 3.63) is 0 Å². The van der Waals surface area contributed by atoms with Crippen LogP contribution in [0.15, 0.2) is 0 Å². The van der Waals surface area contributed by atoms with Crippen molar-refractivity contribution in [1.82, 2.24) is 9.21 Å². The Labute approximate surface area is 136 Å². The second kappa shape index (κ2) is 5.68. The molecule has 1 amide bonds. The predicted molar refractivity (Wildman–Crippen MR) is 82.1 cm³/mol. The quantitative estimate of drug-likeness (QED) is 0.749. The molecule has 0 bridgehead atoms. The monoisotopic (exact) mass is 344 g/mol.